The number of carbonyl (C=O) groups excluding carboxylic acids is 1. The zero-order valence-corrected chi connectivity index (χ0v) is 11.9. The molecule has 104 valence electrons. The summed E-state index contributed by atoms with van der Waals surface area (Å²) in [5.41, 5.74) is 1.56. The Morgan fingerprint density at radius 3 is 2.79 bits per heavy atom. The summed E-state index contributed by atoms with van der Waals surface area (Å²) in [7, 11) is 0. The standard InChI is InChI=1S/C16H22FNO/c1-11-9-12(17)6-7-14(11)15(19)18-13-5-4-8-16(2,3)10-13/h6-7,9,13H,4-5,8,10H2,1-3H3,(H,18,19). The molecule has 3 heteroatoms. The van der Waals surface area contributed by atoms with Gasteiger partial charge in [0.1, 0.15) is 5.82 Å². The van der Waals surface area contributed by atoms with Crippen LogP contribution < -0.4 is 5.32 Å². The van der Waals surface area contributed by atoms with E-state index in [0.29, 0.717) is 16.5 Å². The lowest BCUT2D eigenvalue weighted by atomic mass is 9.75. The van der Waals surface area contributed by atoms with Gasteiger partial charge in [0.05, 0.1) is 0 Å². The molecule has 2 nitrogen and oxygen atoms in total. The molecule has 1 aliphatic carbocycles. The Labute approximate surface area is 114 Å². The van der Waals surface area contributed by atoms with Crippen molar-refractivity contribution < 1.29 is 9.18 Å². The molecule has 1 amide bonds. The Hall–Kier alpha value is -1.38. The molecule has 1 aliphatic rings. The molecule has 19 heavy (non-hydrogen) atoms. The van der Waals surface area contributed by atoms with Crippen LogP contribution in [0.4, 0.5) is 4.39 Å². The van der Waals surface area contributed by atoms with Gasteiger partial charge >= 0.3 is 0 Å². The summed E-state index contributed by atoms with van der Waals surface area (Å²) >= 11 is 0. The van der Waals surface area contributed by atoms with Gasteiger partial charge in [0.25, 0.3) is 5.91 Å². The fourth-order valence-corrected chi connectivity index (χ4v) is 2.97. The van der Waals surface area contributed by atoms with Crippen molar-refractivity contribution in [3.63, 3.8) is 0 Å². The number of nitrogens with one attached hydrogen (secondary N) is 1. The highest BCUT2D eigenvalue weighted by Crippen LogP contribution is 2.35. The molecule has 0 heterocycles. The number of carbonyl (C=O) groups is 1. The second kappa shape index (κ2) is 5.32. The SMILES string of the molecule is Cc1cc(F)ccc1C(=O)NC1CCCC(C)(C)C1. The van der Waals surface area contributed by atoms with Gasteiger partial charge in [-0.15, -0.1) is 0 Å². The highest BCUT2D eigenvalue weighted by atomic mass is 19.1. The van der Waals surface area contributed by atoms with E-state index in [0.717, 1.165) is 19.3 Å². The lowest BCUT2D eigenvalue weighted by Crippen LogP contribution is -2.40. The van der Waals surface area contributed by atoms with Crippen LogP contribution in [0.5, 0.6) is 0 Å². The minimum atomic E-state index is -0.298. The Kier molecular flexibility index (Phi) is 3.93. The number of rotatable bonds is 2. The number of aryl methyl sites for hydroxylation is 1. The van der Waals surface area contributed by atoms with Crippen molar-refractivity contribution in [2.75, 3.05) is 0 Å². The molecule has 0 aromatic heterocycles. The van der Waals surface area contributed by atoms with Gasteiger partial charge in [0, 0.05) is 11.6 Å². The molecule has 1 aromatic carbocycles. The summed E-state index contributed by atoms with van der Waals surface area (Å²) in [6, 6.07) is 4.54. The third-order valence-corrected chi connectivity index (χ3v) is 3.97. The second-order valence-electron chi connectivity index (χ2n) is 6.39. The van der Waals surface area contributed by atoms with Gasteiger partial charge in [-0.1, -0.05) is 20.3 Å². The van der Waals surface area contributed by atoms with E-state index in [1.807, 2.05) is 0 Å². The molecule has 0 aliphatic heterocycles. The maximum Gasteiger partial charge on any atom is 0.251 e. The molecule has 0 saturated heterocycles. The van der Waals surface area contributed by atoms with Gasteiger partial charge in [-0.3, -0.25) is 4.79 Å². The van der Waals surface area contributed by atoms with Crippen molar-refractivity contribution in [1.29, 1.82) is 0 Å². The molecule has 1 N–H and O–H groups in total. The van der Waals surface area contributed by atoms with Crippen LogP contribution in [0.3, 0.4) is 0 Å². The van der Waals surface area contributed by atoms with E-state index in [-0.39, 0.29) is 17.8 Å². The number of hydrogen-bond donors (Lipinski definition) is 1. The molecular weight excluding hydrogens is 241 g/mol. The van der Waals surface area contributed by atoms with Crippen LogP contribution >= 0.6 is 0 Å². The van der Waals surface area contributed by atoms with Gasteiger partial charge < -0.3 is 5.32 Å². The van der Waals surface area contributed by atoms with Crippen molar-refractivity contribution in [3.8, 4) is 0 Å². The maximum absolute atomic E-state index is 13.0. The Morgan fingerprint density at radius 1 is 1.42 bits per heavy atom. The van der Waals surface area contributed by atoms with Crippen molar-refractivity contribution >= 4 is 5.91 Å². The first kappa shape index (κ1) is 14.0. The first-order valence-electron chi connectivity index (χ1n) is 6.94. The average Bonchev–Trinajstić information content (AvgIpc) is 2.27. The molecule has 0 spiro atoms. The number of amides is 1. The summed E-state index contributed by atoms with van der Waals surface area (Å²) in [5.74, 6) is -0.381. The van der Waals surface area contributed by atoms with Crippen LogP contribution in [-0.4, -0.2) is 11.9 Å². The minimum Gasteiger partial charge on any atom is -0.349 e. The molecular formula is C16H22FNO. The van der Waals surface area contributed by atoms with Crippen molar-refractivity contribution in [2.45, 2.75) is 52.5 Å². The molecule has 2 rings (SSSR count). The Morgan fingerprint density at radius 2 is 2.16 bits per heavy atom. The normalized spacial score (nSPS) is 22.0. The molecule has 1 aromatic rings. The van der Waals surface area contributed by atoms with Crippen LogP contribution in [0.2, 0.25) is 0 Å². The van der Waals surface area contributed by atoms with Crippen LogP contribution in [0.1, 0.15) is 55.5 Å². The topological polar surface area (TPSA) is 29.1 Å². The number of benzene rings is 1. The van der Waals surface area contributed by atoms with E-state index >= 15 is 0 Å². The van der Waals surface area contributed by atoms with Gasteiger partial charge in [0.15, 0.2) is 0 Å². The Bertz CT molecular complexity index is 482. The van der Waals surface area contributed by atoms with Gasteiger partial charge in [-0.2, -0.15) is 0 Å². The summed E-state index contributed by atoms with van der Waals surface area (Å²) in [6.07, 6.45) is 4.42. The summed E-state index contributed by atoms with van der Waals surface area (Å²) in [4.78, 5) is 12.2. The van der Waals surface area contributed by atoms with Crippen LogP contribution in [0.15, 0.2) is 18.2 Å². The second-order valence-corrected chi connectivity index (χ2v) is 6.39. The van der Waals surface area contributed by atoms with E-state index in [1.54, 1.807) is 13.0 Å². The quantitative estimate of drug-likeness (QED) is 0.863. The van der Waals surface area contributed by atoms with Crippen LogP contribution in [0.25, 0.3) is 0 Å². The third-order valence-electron chi connectivity index (χ3n) is 3.97. The first-order valence-corrected chi connectivity index (χ1v) is 6.94. The Balaban J connectivity index is 2.04. The molecule has 0 bridgehead atoms. The van der Waals surface area contributed by atoms with Gasteiger partial charge in [0.2, 0.25) is 0 Å². The molecule has 0 radical (unpaired) electrons. The third kappa shape index (κ3) is 3.55. The van der Waals surface area contributed by atoms with Crippen molar-refractivity contribution in [3.05, 3.63) is 35.1 Å². The van der Waals surface area contributed by atoms with Crippen molar-refractivity contribution in [2.24, 2.45) is 5.41 Å². The average molecular weight is 263 g/mol. The lowest BCUT2D eigenvalue weighted by Gasteiger charge is -2.35. The van der Waals surface area contributed by atoms with Gasteiger partial charge in [-0.25, -0.2) is 4.39 Å². The van der Waals surface area contributed by atoms with E-state index in [4.69, 9.17) is 0 Å². The zero-order chi connectivity index (χ0) is 14.0. The smallest absolute Gasteiger partial charge is 0.251 e. The van der Waals surface area contributed by atoms with Crippen molar-refractivity contribution in [1.82, 2.24) is 5.32 Å². The van der Waals surface area contributed by atoms with E-state index in [2.05, 4.69) is 19.2 Å². The number of halogens is 1. The van der Waals surface area contributed by atoms with Crippen LogP contribution in [0, 0.1) is 18.2 Å². The molecule has 1 fully saturated rings. The molecule has 1 saturated carbocycles. The fraction of sp³-hybridized carbons (Fsp3) is 0.562. The largest absolute Gasteiger partial charge is 0.349 e. The van der Waals surface area contributed by atoms with Crippen LogP contribution in [-0.2, 0) is 0 Å². The fourth-order valence-electron chi connectivity index (χ4n) is 2.97. The summed E-state index contributed by atoms with van der Waals surface area (Å²) < 4.78 is 13.0. The molecule has 1 atom stereocenters. The predicted octanol–water partition coefficient (Wildman–Crippen LogP) is 3.83. The van der Waals surface area contributed by atoms with Gasteiger partial charge in [-0.05, 0) is 55.4 Å². The van der Waals surface area contributed by atoms with E-state index < -0.39 is 0 Å². The summed E-state index contributed by atoms with van der Waals surface area (Å²) in [5, 5.41) is 3.09. The first-order chi connectivity index (χ1) is 8.87. The highest BCUT2D eigenvalue weighted by Gasteiger charge is 2.29. The predicted molar refractivity (Wildman–Crippen MR) is 74.6 cm³/mol. The zero-order valence-electron chi connectivity index (χ0n) is 11.9. The molecule has 1 unspecified atom stereocenters. The van der Waals surface area contributed by atoms with E-state index in [1.165, 1.54) is 18.6 Å². The summed E-state index contributed by atoms with van der Waals surface area (Å²) in [6.45, 7) is 6.26. The number of hydrogen-bond acceptors (Lipinski definition) is 1. The minimum absolute atomic E-state index is 0.0831. The van der Waals surface area contributed by atoms with E-state index in [9.17, 15) is 9.18 Å². The monoisotopic (exact) mass is 263 g/mol. The highest BCUT2D eigenvalue weighted by molar-refractivity contribution is 5.95. The lowest BCUT2D eigenvalue weighted by molar-refractivity contribution is 0.0902. The maximum atomic E-state index is 13.0.